The summed E-state index contributed by atoms with van der Waals surface area (Å²) in [5, 5.41) is 16.9. The predicted molar refractivity (Wildman–Crippen MR) is 122 cm³/mol. The minimum atomic E-state index is -0.173. The molecule has 0 saturated carbocycles. The Bertz CT molecular complexity index is 1240. The van der Waals surface area contributed by atoms with E-state index in [-0.39, 0.29) is 12.5 Å². The van der Waals surface area contributed by atoms with E-state index in [1.807, 2.05) is 84.8 Å². The summed E-state index contributed by atoms with van der Waals surface area (Å²) in [5.41, 5.74) is 5.50. The number of para-hydroxylation sites is 1. The second-order valence-corrected chi connectivity index (χ2v) is 8.07. The number of thioether (sulfide) groups is 1. The fourth-order valence-electron chi connectivity index (χ4n) is 3.53. The van der Waals surface area contributed by atoms with Crippen LogP contribution in [0.25, 0.3) is 11.4 Å². The van der Waals surface area contributed by atoms with E-state index >= 15 is 0 Å². The van der Waals surface area contributed by atoms with Crippen LogP contribution in [0.3, 0.4) is 0 Å². The molecule has 0 aliphatic rings. The molecule has 0 aliphatic carbocycles. The van der Waals surface area contributed by atoms with Crippen LogP contribution in [0.15, 0.2) is 59.8 Å². The highest BCUT2D eigenvalue weighted by Crippen LogP contribution is 2.22. The molecule has 4 rings (SSSR count). The average molecular weight is 433 g/mol. The summed E-state index contributed by atoms with van der Waals surface area (Å²) < 4.78 is 3.83. The van der Waals surface area contributed by atoms with Crippen LogP contribution < -0.4 is 5.32 Å². The Morgan fingerprint density at radius 1 is 1.03 bits per heavy atom. The van der Waals surface area contributed by atoms with E-state index in [1.54, 1.807) is 6.07 Å². The van der Waals surface area contributed by atoms with Crippen LogP contribution in [0, 0.1) is 20.8 Å². The van der Waals surface area contributed by atoms with Gasteiger partial charge < -0.3 is 5.32 Å². The summed E-state index contributed by atoms with van der Waals surface area (Å²) in [6, 6.07) is 17.5. The van der Waals surface area contributed by atoms with Crippen molar-refractivity contribution in [2.45, 2.75) is 32.5 Å². The Hall–Kier alpha value is -3.39. The lowest BCUT2D eigenvalue weighted by Gasteiger charge is -2.13. The molecule has 2 aromatic carbocycles. The van der Waals surface area contributed by atoms with E-state index in [9.17, 15) is 4.79 Å². The highest BCUT2D eigenvalue weighted by atomic mass is 32.2. The number of carbonyl (C=O) groups is 1. The smallest absolute Gasteiger partial charge is 0.251 e. The molecule has 2 heterocycles. The van der Waals surface area contributed by atoms with Crippen molar-refractivity contribution in [3.63, 3.8) is 0 Å². The van der Waals surface area contributed by atoms with E-state index in [1.165, 1.54) is 11.8 Å². The first-order chi connectivity index (χ1) is 15.0. The summed E-state index contributed by atoms with van der Waals surface area (Å²) >= 11 is 1.52. The van der Waals surface area contributed by atoms with Crippen molar-refractivity contribution in [1.82, 2.24) is 29.9 Å². The average Bonchev–Trinajstić information content (AvgIpc) is 3.34. The first kappa shape index (κ1) is 20.9. The minimum Gasteiger partial charge on any atom is -0.345 e. The molecule has 7 nitrogen and oxygen atoms in total. The van der Waals surface area contributed by atoms with Gasteiger partial charge in [0.2, 0.25) is 0 Å². The van der Waals surface area contributed by atoms with Gasteiger partial charge in [-0.2, -0.15) is 5.10 Å². The SMILES string of the molecule is CSc1nnc(CNC(=O)c2cccc(-n3nc(C)cc3C)c2)n1-c1ccccc1C. The molecule has 0 atom stereocenters. The molecule has 0 spiro atoms. The van der Waals surface area contributed by atoms with Gasteiger partial charge in [-0.25, -0.2) is 4.68 Å². The number of aromatic nitrogens is 5. The molecule has 1 N–H and O–H groups in total. The number of benzene rings is 2. The van der Waals surface area contributed by atoms with Crippen LogP contribution in [0.5, 0.6) is 0 Å². The fraction of sp³-hybridized carbons (Fsp3) is 0.217. The molecule has 4 aromatic rings. The standard InChI is InChI=1S/C23H24N6OS/c1-15-8-5-6-11-20(15)28-21(25-26-23(28)31-4)14-24-22(30)18-9-7-10-19(13-18)29-17(3)12-16(2)27-29/h5-13H,14H2,1-4H3,(H,24,30). The largest absolute Gasteiger partial charge is 0.345 e. The number of hydrogen-bond donors (Lipinski definition) is 1. The molecule has 1 amide bonds. The molecule has 0 radical (unpaired) electrons. The van der Waals surface area contributed by atoms with Crippen LogP contribution >= 0.6 is 11.8 Å². The number of carbonyl (C=O) groups excluding carboxylic acids is 1. The lowest BCUT2D eigenvalue weighted by Crippen LogP contribution is -2.25. The number of rotatable bonds is 6. The molecular weight excluding hydrogens is 408 g/mol. The first-order valence-corrected chi connectivity index (χ1v) is 11.2. The maximum Gasteiger partial charge on any atom is 0.251 e. The van der Waals surface area contributed by atoms with E-state index in [4.69, 9.17) is 0 Å². The molecule has 0 aliphatic heterocycles. The van der Waals surface area contributed by atoms with Gasteiger partial charge >= 0.3 is 0 Å². The zero-order chi connectivity index (χ0) is 22.0. The molecule has 2 aromatic heterocycles. The Morgan fingerprint density at radius 2 is 1.84 bits per heavy atom. The summed E-state index contributed by atoms with van der Waals surface area (Å²) in [7, 11) is 0. The minimum absolute atomic E-state index is 0.173. The zero-order valence-corrected chi connectivity index (χ0v) is 18.8. The number of nitrogens with zero attached hydrogens (tertiary/aromatic N) is 5. The van der Waals surface area contributed by atoms with Gasteiger partial charge in [0.1, 0.15) is 0 Å². The Labute approximate surface area is 185 Å². The van der Waals surface area contributed by atoms with Crippen LogP contribution in [-0.2, 0) is 6.54 Å². The molecule has 8 heteroatoms. The van der Waals surface area contributed by atoms with Crippen molar-refractivity contribution >= 4 is 17.7 Å². The molecular formula is C23H24N6OS. The lowest BCUT2D eigenvalue weighted by molar-refractivity contribution is 0.0949. The van der Waals surface area contributed by atoms with Gasteiger partial charge in [-0.15, -0.1) is 10.2 Å². The Balaban J connectivity index is 1.57. The highest BCUT2D eigenvalue weighted by molar-refractivity contribution is 7.98. The number of hydrogen-bond acceptors (Lipinski definition) is 5. The van der Waals surface area contributed by atoms with Gasteiger partial charge in [-0.3, -0.25) is 9.36 Å². The monoisotopic (exact) mass is 432 g/mol. The number of amides is 1. The van der Waals surface area contributed by atoms with Crippen molar-refractivity contribution in [1.29, 1.82) is 0 Å². The summed E-state index contributed by atoms with van der Waals surface area (Å²) in [6.07, 6.45) is 1.96. The van der Waals surface area contributed by atoms with Crippen LogP contribution in [0.2, 0.25) is 0 Å². The summed E-state index contributed by atoms with van der Waals surface area (Å²) in [5.74, 6) is 0.509. The second kappa shape index (κ2) is 8.77. The zero-order valence-electron chi connectivity index (χ0n) is 18.0. The second-order valence-electron chi connectivity index (χ2n) is 7.30. The van der Waals surface area contributed by atoms with Gasteiger partial charge in [-0.1, -0.05) is 36.0 Å². The third kappa shape index (κ3) is 4.25. The Kier molecular flexibility index (Phi) is 5.90. The fourth-order valence-corrected chi connectivity index (χ4v) is 4.04. The number of aryl methyl sites for hydroxylation is 3. The van der Waals surface area contributed by atoms with Gasteiger partial charge in [0.25, 0.3) is 5.91 Å². The molecule has 158 valence electrons. The molecule has 0 saturated heterocycles. The molecule has 0 unspecified atom stereocenters. The third-order valence-electron chi connectivity index (χ3n) is 5.01. The van der Waals surface area contributed by atoms with Crippen LogP contribution in [0.1, 0.15) is 33.1 Å². The maximum absolute atomic E-state index is 12.9. The summed E-state index contributed by atoms with van der Waals surface area (Å²) in [6.45, 7) is 6.26. The summed E-state index contributed by atoms with van der Waals surface area (Å²) in [4.78, 5) is 12.9. The molecule has 0 fully saturated rings. The van der Waals surface area contributed by atoms with Crippen molar-refractivity contribution < 1.29 is 4.79 Å². The van der Waals surface area contributed by atoms with E-state index in [0.29, 0.717) is 11.4 Å². The van der Waals surface area contributed by atoms with Crippen molar-refractivity contribution in [2.75, 3.05) is 6.26 Å². The van der Waals surface area contributed by atoms with E-state index in [2.05, 4.69) is 20.6 Å². The predicted octanol–water partition coefficient (Wildman–Crippen LogP) is 4.03. The lowest BCUT2D eigenvalue weighted by atomic mass is 10.2. The van der Waals surface area contributed by atoms with Crippen LogP contribution in [0.4, 0.5) is 0 Å². The Morgan fingerprint density at radius 3 is 2.55 bits per heavy atom. The quantitative estimate of drug-likeness (QED) is 0.466. The van der Waals surface area contributed by atoms with E-state index in [0.717, 1.165) is 33.5 Å². The van der Waals surface area contributed by atoms with Crippen molar-refractivity contribution in [3.05, 3.63) is 82.9 Å². The highest BCUT2D eigenvalue weighted by Gasteiger charge is 2.16. The van der Waals surface area contributed by atoms with Gasteiger partial charge in [0, 0.05) is 11.3 Å². The van der Waals surface area contributed by atoms with Crippen LogP contribution in [-0.4, -0.2) is 36.7 Å². The van der Waals surface area contributed by atoms with Gasteiger partial charge in [0.05, 0.1) is 23.6 Å². The van der Waals surface area contributed by atoms with Crippen molar-refractivity contribution in [2.24, 2.45) is 0 Å². The maximum atomic E-state index is 12.9. The molecule has 0 bridgehead atoms. The van der Waals surface area contributed by atoms with Gasteiger partial charge in [0.15, 0.2) is 11.0 Å². The normalized spacial score (nSPS) is 11.0. The third-order valence-corrected chi connectivity index (χ3v) is 5.64. The van der Waals surface area contributed by atoms with Crippen molar-refractivity contribution in [3.8, 4) is 11.4 Å². The number of nitrogens with one attached hydrogen (secondary N) is 1. The van der Waals surface area contributed by atoms with Gasteiger partial charge in [-0.05, 0) is 62.9 Å². The first-order valence-electron chi connectivity index (χ1n) is 9.94. The van der Waals surface area contributed by atoms with E-state index < -0.39 is 0 Å². The molecule has 31 heavy (non-hydrogen) atoms. The topological polar surface area (TPSA) is 77.6 Å².